The minimum Gasteiger partial charge on any atom is -0.393 e. The molecule has 0 heterocycles. The first-order valence-corrected chi connectivity index (χ1v) is 13.8. The Labute approximate surface area is 287 Å². The van der Waals surface area contributed by atoms with Crippen LogP contribution in [0.3, 0.4) is 0 Å². The second-order valence-electron chi connectivity index (χ2n) is 8.45. The Balaban J connectivity index is 0.000000270. The van der Waals surface area contributed by atoms with Crippen LogP contribution in [0.2, 0.25) is 20.1 Å². The molecule has 47 heavy (non-hydrogen) atoms. The molecule has 16 nitrogen and oxygen atoms in total. The lowest BCUT2D eigenvalue weighted by Crippen LogP contribution is -2.14. The SMILES string of the molecule is Nc1cc(Cl)ccc1[N+](=O)[O-].O=C(Cl)c1cc([N+](=O)[O-])ccc1Cl.O=C(Nc1cc(Cl)ccc1[N+](=O)[O-])c1cc([N+](=O)[O-])ccc1Cl. The van der Waals surface area contributed by atoms with Crippen molar-refractivity contribution in [1.82, 2.24) is 0 Å². The highest BCUT2D eigenvalue weighted by Gasteiger charge is 2.21. The van der Waals surface area contributed by atoms with Gasteiger partial charge in [0, 0.05) is 46.4 Å². The molecule has 0 fully saturated rings. The smallest absolute Gasteiger partial charge is 0.292 e. The zero-order valence-electron chi connectivity index (χ0n) is 22.8. The molecule has 0 aromatic heterocycles. The number of nitrogens with zero attached hydrogens (tertiary/aromatic N) is 4. The fourth-order valence-electron chi connectivity index (χ4n) is 3.23. The molecule has 0 unspecified atom stereocenters. The molecule has 1 amide bonds. The van der Waals surface area contributed by atoms with Gasteiger partial charge in [-0.3, -0.25) is 50.0 Å². The monoisotopic (exact) mass is 746 g/mol. The van der Waals surface area contributed by atoms with E-state index in [0.717, 1.165) is 24.3 Å². The second-order valence-corrected chi connectivity index (χ2v) is 10.5. The minimum atomic E-state index is -0.830. The largest absolute Gasteiger partial charge is 0.393 e. The topological polar surface area (TPSA) is 245 Å². The van der Waals surface area contributed by atoms with Crippen molar-refractivity contribution in [3.05, 3.63) is 144 Å². The number of nitro groups is 4. The van der Waals surface area contributed by atoms with Gasteiger partial charge in [0.2, 0.25) is 0 Å². The van der Waals surface area contributed by atoms with E-state index in [-0.39, 0.29) is 60.3 Å². The number of benzene rings is 4. The van der Waals surface area contributed by atoms with Crippen LogP contribution in [0.25, 0.3) is 0 Å². The van der Waals surface area contributed by atoms with Crippen LogP contribution in [-0.4, -0.2) is 30.8 Å². The van der Waals surface area contributed by atoms with E-state index in [4.69, 9.17) is 63.7 Å². The van der Waals surface area contributed by atoms with Crippen LogP contribution in [0.15, 0.2) is 72.8 Å². The highest BCUT2D eigenvalue weighted by Crippen LogP contribution is 2.30. The fraction of sp³-hybridized carbons (Fsp3) is 0. The third kappa shape index (κ3) is 11.0. The minimum absolute atomic E-state index is 0.0298. The first-order valence-electron chi connectivity index (χ1n) is 11.9. The van der Waals surface area contributed by atoms with Crippen LogP contribution in [0, 0.1) is 40.5 Å². The highest BCUT2D eigenvalue weighted by atomic mass is 35.5. The van der Waals surface area contributed by atoms with E-state index < -0.39 is 30.8 Å². The summed E-state index contributed by atoms with van der Waals surface area (Å²) in [6.45, 7) is 0. The van der Waals surface area contributed by atoms with Crippen molar-refractivity contribution in [2.24, 2.45) is 0 Å². The van der Waals surface area contributed by atoms with Crippen molar-refractivity contribution in [3.63, 3.8) is 0 Å². The Hall–Kier alpha value is -5.13. The zero-order chi connectivity index (χ0) is 35.6. The van der Waals surface area contributed by atoms with Crippen molar-refractivity contribution < 1.29 is 29.3 Å². The number of anilines is 2. The number of carbonyl (C=O) groups is 2. The number of rotatable bonds is 7. The average molecular weight is 749 g/mol. The van der Waals surface area contributed by atoms with Gasteiger partial charge in [-0.05, 0) is 48.0 Å². The lowest BCUT2D eigenvalue weighted by Gasteiger charge is -2.08. The van der Waals surface area contributed by atoms with Gasteiger partial charge in [0.25, 0.3) is 33.9 Å². The quantitative estimate of drug-likeness (QED) is 0.0784. The summed E-state index contributed by atoms with van der Waals surface area (Å²) < 4.78 is 0. The molecular weight excluding hydrogens is 734 g/mol. The van der Waals surface area contributed by atoms with Crippen LogP contribution in [0.5, 0.6) is 0 Å². The molecule has 0 radical (unpaired) electrons. The zero-order valence-corrected chi connectivity index (χ0v) is 26.5. The van der Waals surface area contributed by atoms with Crippen molar-refractivity contribution in [2.45, 2.75) is 0 Å². The summed E-state index contributed by atoms with van der Waals surface area (Å²) in [6.07, 6.45) is 0. The molecule has 0 spiro atoms. The molecule has 4 rings (SSSR count). The molecule has 21 heteroatoms. The lowest BCUT2D eigenvalue weighted by molar-refractivity contribution is -0.385. The Morgan fingerprint density at radius 1 is 0.596 bits per heavy atom. The van der Waals surface area contributed by atoms with E-state index in [1.54, 1.807) is 0 Å². The second kappa shape index (κ2) is 17.0. The average Bonchev–Trinajstić information content (AvgIpc) is 2.97. The number of nitrogens with one attached hydrogen (secondary N) is 1. The van der Waals surface area contributed by atoms with E-state index >= 15 is 0 Å². The number of nitrogens with two attached hydrogens (primary N) is 1. The van der Waals surface area contributed by atoms with Gasteiger partial charge >= 0.3 is 0 Å². The maximum Gasteiger partial charge on any atom is 0.292 e. The number of halogens is 5. The van der Waals surface area contributed by atoms with Gasteiger partial charge in [-0.25, -0.2) is 0 Å². The van der Waals surface area contributed by atoms with Crippen LogP contribution < -0.4 is 11.1 Å². The lowest BCUT2D eigenvalue weighted by atomic mass is 10.1. The number of amides is 1. The standard InChI is InChI=1S/C13H7Cl2N3O5.C7H3Cl2NO3.C6H5ClN2O2/c14-7-1-4-12(18(22)23)11(5-7)16-13(19)9-6-8(17(20)21)2-3-10(9)15;8-6-2-1-4(10(12)13)3-5(6)7(9)11;7-4-1-2-6(9(10)11)5(8)3-4/h1-6H,(H,16,19);1-3H;1-3H,8H2. The molecule has 0 saturated heterocycles. The third-order valence-corrected chi connectivity index (χ3v) is 6.70. The van der Waals surface area contributed by atoms with E-state index in [9.17, 15) is 50.0 Å². The Morgan fingerprint density at radius 2 is 1.04 bits per heavy atom. The Bertz CT molecular complexity index is 1910. The fourth-order valence-corrected chi connectivity index (χ4v) is 4.19. The summed E-state index contributed by atoms with van der Waals surface area (Å²) in [4.78, 5) is 62.6. The Morgan fingerprint density at radius 3 is 1.49 bits per heavy atom. The molecule has 244 valence electrons. The molecule has 0 bridgehead atoms. The van der Waals surface area contributed by atoms with E-state index in [0.29, 0.717) is 5.02 Å². The van der Waals surface area contributed by atoms with Crippen molar-refractivity contribution >= 4 is 103 Å². The van der Waals surface area contributed by atoms with Crippen molar-refractivity contribution in [3.8, 4) is 0 Å². The number of nitrogen functional groups attached to an aromatic ring is 1. The van der Waals surface area contributed by atoms with Crippen LogP contribution in [0.1, 0.15) is 20.7 Å². The number of nitro benzene ring substituents is 4. The molecule has 4 aromatic rings. The van der Waals surface area contributed by atoms with Crippen LogP contribution in [0.4, 0.5) is 34.1 Å². The van der Waals surface area contributed by atoms with E-state index in [1.807, 2.05) is 0 Å². The van der Waals surface area contributed by atoms with Gasteiger partial charge in [-0.1, -0.05) is 46.4 Å². The maximum atomic E-state index is 12.2. The van der Waals surface area contributed by atoms with Crippen LogP contribution >= 0.6 is 58.0 Å². The summed E-state index contributed by atoms with van der Waals surface area (Å²) in [5.74, 6) is -0.830. The molecular formula is C26H15Cl5N6O10. The summed E-state index contributed by atoms with van der Waals surface area (Å²) in [5, 5.41) is 44.3. The summed E-state index contributed by atoms with van der Waals surface area (Å²) >= 11 is 27.8. The maximum absolute atomic E-state index is 12.2. The number of carbonyl (C=O) groups excluding carboxylic acids is 2. The van der Waals surface area contributed by atoms with Gasteiger partial charge < -0.3 is 11.1 Å². The number of non-ortho nitro benzene ring substituents is 2. The summed E-state index contributed by atoms with van der Waals surface area (Å²) in [5.41, 5.74) is 3.96. The predicted molar refractivity (Wildman–Crippen MR) is 175 cm³/mol. The highest BCUT2D eigenvalue weighted by molar-refractivity contribution is 6.68. The van der Waals surface area contributed by atoms with Gasteiger partial charge in [0.15, 0.2) is 0 Å². The molecule has 0 atom stereocenters. The molecule has 4 aromatic carbocycles. The van der Waals surface area contributed by atoms with E-state index in [1.165, 1.54) is 48.5 Å². The molecule has 0 aliphatic carbocycles. The molecule has 3 N–H and O–H groups in total. The molecule has 0 aliphatic rings. The summed E-state index contributed by atoms with van der Waals surface area (Å²) in [7, 11) is 0. The van der Waals surface area contributed by atoms with Crippen molar-refractivity contribution in [2.75, 3.05) is 11.1 Å². The Kier molecular flexibility index (Phi) is 13.7. The number of hydrogen-bond acceptors (Lipinski definition) is 11. The first-order chi connectivity index (χ1) is 21.9. The van der Waals surface area contributed by atoms with Crippen LogP contribution in [-0.2, 0) is 0 Å². The molecule has 0 aliphatic heterocycles. The third-order valence-electron chi connectivity index (χ3n) is 5.37. The predicted octanol–water partition coefficient (Wildman–Crippen LogP) is 8.52. The normalized spacial score (nSPS) is 9.89. The first kappa shape index (κ1) is 38.1. The summed E-state index contributed by atoms with van der Waals surface area (Å²) in [6, 6.07) is 14.5. The van der Waals surface area contributed by atoms with Crippen molar-refractivity contribution in [1.29, 1.82) is 0 Å². The number of hydrogen-bond donors (Lipinski definition) is 2. The van der Waals surface area contributed by atoms with Gasteiger partial charge in [0.05, 0.1) is 40.9 Å². The molecule has 0 saturated carbocycles. The van der Waals surface area contributed by atoms with Gasteiger partial charge in [-0.2, -0.15) is 0 Å². The van der Waals surface area contributed by atoms with Gasteiger partial charge in [-0.15, -0.1) is 0 Å². The van der Waals surface area contributed by atoms with E-state index in [2.05, 4.69) is 5.32 Å². The van der Waals surface area contributed by atoms with Gasteiger partial charge in [0.1, 0.15) is 11.4 Å².